The smallest absolute Gasteiger partial charge is 0.164 e. The molecule has 2 N–H and O–H groups in total. The molecule has 2 aromatic heterocycles. The Bertz CT molecular complexity index is 528. The van der Waals surface area contributed by atoms with E-state index in [0.717, 1.165) is 17.1 Å². The first-order chi connectivity index (χ1) is 8.88. The van der Waals surface area contributed by atoms with E-state index in [0.29, 0.717) is 12.6 Å². The van der Waals surface area contributed by atoms with Gasteiger partial charge < -0.3 is 10.3 Å². The van der Waals surface area contributed by atoms with Crippen molar-refractivity contribution in [3.63, 3.8) is 0 Å². The lowest BCUT2D eigenvalue weighted by Crippen LogP contribution is -2.06. The molecule has 1 saturated carbocycles. The van der Waals surface area contributed by atoms with Gasteiger partial charge in [-0.15, -0.1) is 10.2 Å². The first-order valence-corrected chi connectivity index (χ1v) is 6.43. The van der Waals surface area contributed by atoms with Crippen molar-refractivity contribution >= 4 is 0 Å². The number of pyridine rings is 1. The third-order valence-corrected chi connectivity index (χ3v) is 3.58. The second-order valence-electron chi connectivity index (χ2n) is 4.74. The summed E-state index contributed by atoms with van der Waals surface area (Å²) in [7, 11) is 0. The van der Waals surface area contributed by atoms with Crippen molar-refractivity contribution in [3.05, 3.63) is 30.4 Å². The zero-order chi connectivity index (χ0) is 12.4. The zero-order valence-corrected chi connectivity index (χ0v) is 10.3. The van der Waals surface area contributed by atoms with Crippen molar-refractivity contribution in [1.29, 1.82) is 0 Å². The van der Waals surface area contributed by atoms with Gasteiger partial charge in [0.25, 0.3) is 0 Å². The van der Waals surface area contributed by atoms with E-state index in [9.17, 15) is 0 Å². The van der Waals surface area contributed by atoms with E-state index in [1.165, 1.54) is 25.7 Å². The molecule has 0 atom stereocenters. The molecule has 1 aliphatic rings. The largest absolute Gasteiger partial charge is 0.325 e. The first kappa shape index (κ1) is 11.3. The highest BCUT2D eigenvalue weighted by molar-refractivity contribution is 5.55. The Labute approximate surface area is 106 Å². The average Bonchev–Trinajstić information content (AvgIpc) is 3.09. The number of nitrogens with two attached hydrogens (primary N) is 1. The molecule has 0 aliphatic heterocycles. The van der Waals surface area contributed by atoms with Crippen LogP contribution < -0.4 is 5.73 Å². The molecule has 94 valence electrons. The van der Waals surface area contributed by atoms with Gasteiger partial charge in [-0.2, -0.15) is 0 Å². The van der Waals surface area contributed by atoms with E-state index in [2.05, 4.69) is 19.7 Å². The lowest BCUT2D eigenvalue weighted by Gasteiger charge is -2.13. The van der Waals surface area contributed by atoms with E-state index in [1.807, 2.05) is 18.5 Å². The fourth-order valence-corrected chi connectivity index (χ4v) is 2.63. The maximum atomic E-state index is 5.63. The lowest BCUT2D eigenvalue weighted by molar-refractivity contribution is 0.522. The van der Waals surface area contributed by atoms with Crippen LogP contribution in [0.15, 0.2) is 24.7 Å². The molecule has 3 rings (SSSR count). The van der Waals surface area contributed by atoms with Crippen LogP contribution in [0.5, 0.6) is 0 Å². The summed E-state index contributed by atoms with van der Waals surface area (Å²) in [5.74, 6) is 0.930. The van der Waals surface area contributed by atoms with Crippen LogP contribution in [0.1, 0.15) is 37.4 Å². The minimum atomic E-state index is 0.450. The fourth-order valence-electron chi connectivity index (χ4n) is 2.63. The van der Waals surface area contributed by atoms with Crippen LogP contribution >= 0.6 is 0 Å². The molecule has 0 saturated heterocycles. The molecule has 0 unspecified atom stereocenters. The van der Waals surface area contributed by atoms with E-state index < -0.39 is 0 Å². The van der Waals surface area contributed by atoms with Crippen LogP contribution in [0.3, 0.4) is 0 Å². The molecule has 1 aliphatic carbocycles. The third-order valence-electron chi connectivity index (χ3n) is 3.58. The zero-order valence-electron chi connectivity index (χ0n) is 10.3. The lowest BCUT2D eigenvalue weighted by atomic mass is 10.2. The minimum absolute atomic E-state index is 0.450. The van der Waals surface area contributed by atoms with Crippen LogP contribution in [-0.4, -0.2) is 19.7 Å². The highest BCUT2D eigenvalue weighted by Gasteiger charge is 2.20. The number of hydrogen-bond donors (Lipinski definition) is 1. The molecule has 0 bridgehead atoms. The van der Waals surface area contributed by atoms with Crippen LogP contribution in [0.2, 0.25) is 0 Å². The molecule has 0 amide bonds. The molecular formula is C13H17N5. The highest BCUT2D eigenvalue weighted by atomic mass is 15.3. The maximum Gasteiger partial charge on any atom is 0.164 e. The minimum Gasteiger partial charge on any atom is -0.325 e. The number of nitrogens with zero attached hydrogens (tertiary/aromatic N) is 4. The Balaban J connectivity index is 1.98. The predicted molar refractivity (Wildman–Crippen MR) is 68.6 cm³/mol. The van der Waals surface area contributed by atoms with E-state index in [1.54, 1.807) is 6.20 Å². The van der Waals surface area contributed by atoms with Gasteiger partial charge in [-0.25, -0.2) is 0 Å². The van der Waals surface area contributed by atoms with Crippen LogP contribution in [0.4, 0.5) is 0 Å². The summed E-state index contributed by atoms with van der Waals surface area (Å²) < 4.78 is 2.20. The third kappa shape index (κ3) is 2.01. The van der Waals surface area contributed by atoms with Crippen molar-refractivity contribution in [2.75, 3.05) is 0 Å². The molecule has 0 aromatic carbocycles. The van der Waals surface area contributed by atoms with Crippen molar-refractivity contribution in [1.82, 2.24) is 19.7 Å². The predicted octanol–water partition coefficient (Wildman–Crippen LogP) is 1.91. The van der Waals surface area contributed by atoms with Gasteiger partial charge >= 0.3 is 0 Å². The van der Waals surface area contributed by atoms with Crippen molar-refractivity contribution < 1.29 is 0 Å². The Morgan fingerprint density at radius 1 is 1.33 bits per heavy atom. The molecule has 18 heavy (non-hydrogen) atoms. The monoisotopic (exact) mass is 243 g/mol. The second-order valence-corrected chi connectivity index (χ2v) is 4.74. The summed E-state index contributed by atoms with van der Waals surface area (Å²) in [6, 6.07) is 4.51. The van der Waals surface area contributed by atoms with Gasteiger partial charge in [0.1, 0.15) is 6.33 Å². The van der Waals surface area contributed by atoms with Gasteiger partial charge in [0, 0.05) is 24.3 Å². The highest BCUT2D eigenvalue weighted by Crippen LogP contribution is 2.32. The average molecular weight is 243 g/mol. The van der Waals surface area contributed by atoms with Gasteiger partial charge in [0.15, 0.2) is 5.82 Å². The van der Waals surface area contributed by atoms with Crippen LogP contribution in [-0.2, 0) is 6.54 Å². The van der Waals surface area contributed by atoms with Gasteiger partial charge in [0.2, 0.25) is 0 Å². The summed E-state index contributed by atoms with van der Waals surface area (Å²) in [5, 5.41) is 8.31. The number of hydrogen-bond acceptors (Lipinski definition) is 4. The summed E-state index contributed by atoms with van der Waals surface area (Å²) in [6.45, 7) is 0.450. The Morgan fingerprint density at radius 3 is 2.94 bits per heavy atom. The standard InChI is InChI=1S/C13H17N5/c14-8-11-7-10(5-6-15-11)13-17-16-9-18(13)12-3-1-2-4-12/h5-7,9,12H,1-4,8,14H2. The van der Waals surface area contributed by atoms with E-state index in [4.69, 9.17) is 5.73 Å². The molecule has 2 aromatic rings. The van der Waals surface area contributed by atoms with Gasteiger partial charge in [-0.05, 0) is 25.0 Å². The summed E-state index contributed by atoms with van der Waals surface area (Å²) in [4.78, 5) is 4.21. The van der Waals surface area contributed by atoms with Crippen molar-refractivity contribution in [2.45, 2.75) is 38.3 Å². The Hall–Kier alpha value is -1.75. The summed E-state index contributed by atoms with van der Waals surface area (Å²) in [6.07, 6.45) is 8.66. The van der Waals surface area contributed by atoms with Gasteiger partial charge in [-0.3, -0.25) is 4.98 Å². The second kappa shape index (κ2) is 4.86. The van der Waals surface area contributed by atoms with Crippen LogP contribution in [0, 0.1) is 0 Å². The van der Waals surface area contributed by atoms with Crippen molar-refractivity contribution in [2.24, 2.45) is 5.73 Å². The van der Waals surface area contributed by atoms with E-state index >= 15 is 0 Å². The number of aromatic nitrogens is 4. The Morgan fingerprint density at radius 2 is 2.17 bits per heavy atom. The summed E-state index contributed by atoms with van der Waals surface area (Å²) in [5.41, 5.74) is 7.56. The molecule has 0 spiro atoms. The van der Waals surface area contributed by atoms with E-state index in [-0.39, 0.29) is 0 Å². The Kier molecular flexibility index (Phi) is 3.06. The molecule has 0 radical (unpaired) electrons. The maximum absolute atomic E-state index is 5.63. The fraction of sp³-hybridized carbons (Fsp3) is 0.462. The van der Waals surface area contributed by atoms with Crippen LogP contribution in [0.25, 0.3) is 11.4 Å². The molecule has 2 heterocycles. The first-order valence-electron chi connectivity index (χ1n) is 6.43. The topological polar surface area (TPSA) is 69.6 Å². The SMILES string of the molecule is NCc1cc(-c2nncn2C2CCCC2)ccn1. The van der Waals surface area contributed by atoms with Gasteiger partial charge in [-0.1, -0.05) is 12.8 Å². The van der Waals surface area contributed by atoms with Crippen molar-refractivity contribution in [3.8, 4) is 11.4 Å². The molecule has 5 heteroatoms. The summed E-state index contributed by atoms with van der Waals surface area (Å²) >= 11 is 0. The molecular weight excluding hydrogens is 226 g/mol. The number of rotatable bonds is 3. The normalized spacial score (nSPS) is 16.3. The molecule has 1 fully saturated rings. The van der Waals surface area contributed by atoms with Gasteiger partial charge in [0.05, 0.1) is 5.69 Å². The quantitative estimate of drug-likeness (QED) is 0.894. The molecule has 5 nitrogen and oxygen atoms in total.